The van der Waals surface area contributed by atoms with E-state index >= 15 is 0 Å². The Hall–Kier alpha value is -2.24. The van der Waals surface area contributed by atoms with Gasteiger partial charge < -0.3 is 20.6 Å². The van der Waals surface area contributed by atoms with Crippen LogP contribution in [0.5, 0.6) is 11.5 Å². The highest BCUT2D eigenvalue weighted by Crippen LogP contribution is 2.26. The first-order valence-electron chi connectivity index (χ1n) is 5.27. The molecule has 98 valence electrons. The lowest BCUT2D eigenvalue weighted by Gasteiger charge is -2.25. The molecule has 1 aromatic rings. The van der Waals surface area contributed by atoms with Crippen molar-refractivity contribution >= 4 is 11.9 Å². The zero-order valence-corrected chi connectivity index (χ0v) is 10.1. The minimum Gasteiger partial charge on any atom is -0.504 e. The molecule has 0 aliphatic heterocycles. The molecule has 1 unspecified atom stereocenters. The van der Waals surface area contributed by atoms with Crippen molar-refractivity contribution in [3.05, 3.63) is 23.8 Å². The van der Waals surface area contributed by atoms with Gasteiger partial charge in [0.2, 0.25) is 5.91 Å². The molecule has 1 aromatic carbocycles. The number of hydrogen-bond donors (Lipinski definition) is 4. The minimum absolute atomic E-state index is 0.00421. The zero-order chi connectivity index (χ0) is 13.9. The maximum atomic E-state index is 11.2. The monoisotopic (exact) mass is 253 g/mol. The fourth-order valence-electron chi connectivity index (χ4n) is 1.65. The lowest BCUT2D eigenvalue weighted by atomic mass is 9.92. The van der Waals surface area contributed by atoms with Crippen LogP contribution in [0.2, 0.25) is 0 Å². The molecule has 0 fully saturated rings. The second kappa shape index (κ2) is 4.95. The summed E-state index contributed by atoms with van der Waals surface area (Å²) in [5.74, 6) is -2.24. The molecule has 0 aliphatic rings. The van der Waals surface area contributed by atoms with E-state index in [1.807, 2.05) is 0 Å². The molecule has 0 saturated carbocycles. The Bertz CT molecular complexity index is 485. The van der Waals surface area contributed by atoms with Gasteiger partial charge in [0.25, 0.3) is 0 Å². The van der Waals surface area contributed by atoms with Gasteiger partial charge in [0.1, 0.15) is 5.54 Å². The first-order chi connectivity index (χ1) is 8.24. The number of phenolic OH excluding ortho intramolecular Hbond substituents is 2. The maximum absolute atomic E-state index is 11.2. The van der Waals surface area contributed by atoms with Crippen LogP contribution < -0.4 is 5.32 Å². The van der Waals surface area contributed by atoms with Crippen LogP contribution in [-0.4, -0.2) is 32.7 Å². The Balaban J connectivity index is 3.00. The summed E-state index contributed by atoms with van der Waals surface area (Å²) in [6.45, 7) is 2.61. The van der Waals surface area contributed by atoms with Crippen molar-refractivity contribution in [1.82, 2.24) is 5.32 Å². The summed E-state index contributed by atoms with van der Waals surface area (Å²) in [4.78, 5) is 22.2. The van der Waals surface area contributed by atoms with Crippen molar-refractivity contribution in [3.8, 4) is 11.5 Å². The van der Waals surface area contributed by atoms with Crippen molar-refractivity contribution < 1.29 is 24.9 Å². The number of amides is 1. The first kappa shape index (κ1) is 13.8. The normalized spacial score (nSPS) is 13.7. The zero-order valence-electron chi connectivity index (χ0n) is 10.1. The SMILES string of the molecule is CC(=O)NC(C)(Cc1ccc(O)c(O)c1)C(=O)O. The van der Waals surface area contributed by atoms with Gasteiger partial charge in [-0.3, -0.25) is 4.79 Å². The third kappa shape index (κ3) is 3.13. The number of carbonyl (C=O) groups is 2. The van der Waals surface area contributed by atoms with Gasteiger partial charge in [-0.05, 0) is 24.6 Å². The van der Waals surface area contributed by atoms with Crippen molar-refractivity contribution in [3.63, 3.8) is 0 Å². The molecule has 1 atom stereocenters. The predicted octanol–water partition coefficient (Wildman–Crippen LogP) is 0.620. The number of nitrogens with one attached hydrogen (secondary N) is 1. The molecule has 6 nitrogen and oxygen atoms in total. The van der Waals surface area contributed by atoms with Crippen molar-refractivity contribution in [2.75, 3.05) is 0 Å². The lowest BCUT2D eigenvalue weighted by molar-refractivity contribution is -0.146. The molecule has 0 saturated heterocycles. The second-order valence-electron chi connectivity index (χ2n) is 4.32. The van der Waals surface area contributed by atoms with Gasteiger partial charge in [-0.1, -0.05) is 6.07 Å². The molecule has 0 spiro atoms. The van der Waals surface area contributed by atoms with E-state index in [-0.39, 0.29) is 17.9 Å². The van der Waals surface area contributed by atoms with Crippen LogP contribution in [0.1, 0.15) is 19.4 Å². The quantitative estimate of drug-likeness (QED) is 0.588. The summed E-state index contributed by atoms with van der Waals surface area (Å²) in [6.07, 6.45) is -0.00421. The van der Waals surface area contributed by atoms with E-state index in [0.717, 1.165) is 0 Å². The third-order valence-corrected chi connectivity index (χ3v) is 2.52. The summed E-state index contributed by atoms with van der Waals surface area (Å²) < 4.78 is 0. The van der Waals surface area contributed by atoms with Crippen LogP contribution in [-0.2, 0) is 16.0 Å². The van der Waals surface area contributed by atoms with Gasteiger partial charge >= 0.3 is 5.97 Å². The van der Waals surface area contributed by atoms with Gasteiger partial charge in [-0.15, -0.1) is 0 Å². The Morgan fingerprint density at radius 2 is 1.89 bits per heavy atom. The number of benzene rings is 1. The molecular formula is C12H15NO5. The van der Waals surface area contributed by atoms with Gasteiger partial charge in [-0.2, -0.15) is 0 Å². The number of rotatable bonds is 4. The Kier molecular flexibility index (Phi) is 3.80. The van der Waals surface area contributed by atoms with E-state index < -0.39 is 17.4 Å². The summed E-state index contributed by atoms with van der Waals surface area (Å²) in [5.41, 5.74) is -0.973. The smallest absolute Gasteiger partial charge is 0.329 e. The van der Waals surface area contributed by atoms with Crippen LogP contribution in [0.25, 0.3) is 0 Å². The number of aromatic hydroxyl groups is 2. The van der Waals surface area contributed by atoms with E-state index in [1.165, 1.54) is 32.0 Å². The van der Waals surface area contributed by atoms with E-state index in [0.29, 0.717) is 5.56 Å². The highest BCUT2D eigenvalue weighted by molar-refractivity contribution is 5.85. The molecule has 0 radical (unpaired) electrons. The Morgan fingerprint density at radius 1 is 1.28 bits per heavy atom. The van der Waals surface area contributed by atoms with Crippen LogP contribution in [0.15, 0.2) is 18.2 Å². The number of carboxylic acids is 1. The van der Waals surface area contributed by atoms with E-state index in [2.05, 4.69) is 5.32 Å². The van der Waals surface area contributed by atoms with E-state index in [1.54, 1.807) is 0 Å². The summed E-state index contributed by atoms with van der Waals surface area (Å²) in [7, 11) is 0. The molecular weight excluding hydrogens is 238 g/mol. The summed E-state index contributed by atoms with van der Waals surface area (Å²) >= 11 is 0. The first-order valence-corrected chi connectivity index (χ1v) is 5.27. The molecule has 1 rings (SSSR count). The summed E-state index contributed by atoms with van der Waals surface area (Å²) in [6, 6.07) is 4.01. The van der Waals surface area contributed by atoms with Crippen LogP contribution in [0.4, 0.5) is 0 Å². The van der Waals surface area contributed by atoms with Crippen LogP contribution in [0.3, 0.4) is 0 Å². The predicted molar refractivity (Wildman–Crippen MR) is 63.3 cm³/mol. The van der Waals surface area contributed by atoms with Gasteiger partial charge in [0.05, 0.1) is 0 Å². The van der Waals surface area contributed by atoms with Gasteiger partial charge in [-0.25, -0.2) is 4.79 Å². The van der Waals surface area contributed by atoms with Crippen LogP contribution in [0, 0.1) is 0 Å². The molecule has 0 aromatic heterocycles. The number of carboxylic acid groups (broad SMARTS) is 1. The fourth-order valence-corrected chi connectivity index (χ4v) is 1.65. The standard InChI is InChI=1S/C12H15NO5/c1-7(14)13-12(2,11(17)18)6-8-3-4-9(15)10(16)5-8/h3-5,15-16H,6H2,1-2H3,(H,13,14)(H,17,18). The highest BCUT2D eigenvalue weighted by Gasteiger charge is 2.34. The number of aliphatic carboxylic acids is 1. The van der Waals surface area contributed by atoms with Crippen LogP contribution >= 0.6 is 0 Å². The lowest BCUT2D eigenvalue weighted by Crippen LogP contribution is -2.53. The maximum Gasteiger partial charge on any atom is 0.329 e. The van der Waals surface area contributed by atoms with Crippen molar-refractivity contribution in [2.45, 2.75) is 25.8 Å². The number of carbonyl (C=O) groups excluding carboxylic acids is 1. The van der Waals surface area contributed by atoms with Gasteiger partial charge in [0, 0.05) is 13.3 Å². The average molecular weight is 253 g/mol. The van der Waals surface area contributed by atoms with Crippen molar-refractivity contribution in [1.29, 1.82) is 0 Å². The number of hydrogen-bond acceptors (Lipinski definition) is 4. The third-order valence-electron chi connectivity index (χ3n) is 2.52. The Labute approximate surface area is 104 Å². The highest BCUT2D eigenvalue weighted by atomic mass is 16.4. The molecule has 1 amide bonds. The largest absolute Gasteiger partial charge is 0.504 e. The molecule has 18 heavy (non-hydrogen) atoms. The second-order valence-corrected chi connectivity index (χ2v) is 4.32. The molecule has 0 aliphatic carbocycles. The molecule has 6 heteroatoms. The molecule has 0 bridgehead atoms. The van der Waals surface area contributed by atoms with E-state index in [9.17, 15) is 14.7 Å². The fraction of sp³-hybridized carbons (Fsp3) is 0.333. The molecule has 0 heterocycles. The number of phenols is 2. The van der Waals surface area contributed by atoms with Gasteiger partial charge in [0.15, 0.2) is 11.5 Å². The van der Waals surface area contributed by atoms with E-state index in [4.69, 9.17) is 10.2 Å². The molecule has 4 N–H and O–H groups in total. The topological polar surface area (TPSA) is 107 Å². The Morgan fingerprint density at radius 3 is 2.33 bits per heavy atom. The minimum atomic E-state index is -1.46. The average Bonchev–Trinajstić information content (AvgIpc) is 2.22. The van der Waals surface area contributed by atoms with Crippen molar-refractivity contribution in [2.24, 2.45) is 0 Å². The summed E-state index contributed by atoms with van der Waals surface area (Å²) in [5, 5.41) is 30.0.